The molecule has 1 fully saturated rings. The summed E-state index contributed by atoms with van der Waals surface area (Å²) in [6.45, 7) is 12.8. The van der Waals surface area contributed by atoms with Crippen LogP contribution in [0.3, 0.4) is 0 Å². The van der Waals surface area contributed by atoms with E-state index in [0.717, 1.165) is 19.4 Å². The van der Waals surface area contributed by atoms with Crippen molar-refractivity contribution in [2.45, 2.75) is 57.3 Å². The fourth-order valence-corrected chi connectivity index (χ4v) is 3.48. The summed E-state index contributed by atoms with van der Waals surface area (Å²) >= 11 is 0. The standard InChI is InChI=1S/C14H25NO2Si/c1-13(2,3)18(4,5)17-11-14-8-6-10-15(14)12(16)7-9-14/h7,9H,6,8,10-11H2,1-5H3/t14-/m1/s1. The predicted octanol–water partition coefficient (Wildman–Crippen LogP) is 2.94. The first-order chi connectivity index (χ1) is 8.18. The van der Waals surface area contributed by atoms with Crippen LogP contribution in [0, 0.1) is 0 Å². The maximum Gasteiger partial charge on any atom is 0.247 e. The Labute approximate surface area is 111 Å². The van der Waals surface area contributed by atoms with Crippen LogP contribution in [0.4, 0.5) is 0 Å². The highest BCUT2D eigenvalue weighted by atomic mass is 28.4. The number of nitrogens with zero attached hydrogens (tertiary/aromatic N) is 1. The molecule has 18 heavy (non-hydrogen) atoms. The molecular weight excluding hydrogens is 242 g/mol. The first-order valence-electron chi connectivity index (χ1n) is 6.83. The topological polar surface area (TPSA) is 29.5 Å². The summed E-state index contributed by atoms with van der Waals surface area (Å²) in [5.74, 6) is 0.159. The molecule has 102 valence electrons. The van der Waals surface area contributed by atoms with Crippen LogP contribution in [-0.4, -0.2) is 37.8 Å². The van der Waals surface area contributed by atoms with Crippen molar-refractivity contribution < 1.29 is 9.22 Å². The molecule has 2 aliphatic heterocycles. The van der Waals surface area contributed by atoms with E-state index in [0.29, 0.717) is 6.61 Å². The lowest BCUT2D eigenvalue weighted by Gasteiger charge is -2.40. The van der Waals surface area contributed by atoms with Gasteiger partial charge in [0.2, 0.25) is 5.91 Å². The number of carbonyl (C=O) groups excluding carboxylic acids is 1. The van der Waals surface area contributed by atoms with Crippen molar-refractivity contribution in [3.8, 4) is 0 Å². The van der Waals surface area contributed by atoms with Gasteiger partial charge in [-0.15, -0.1) is 0 Å². The van der Waals surface area contributed by atoms with Gasteiger partial charge in [0.1, 0.15) is 0 Å². The molecule has 0 unspecified atom stereocenters. The van der Waals surface area contributed by atoms with Crippen LogP contribution < -0.4 is 0 Å². The van der Waals surface area contributed by atoms with E-state index < -0.39 is 8.32 Å². The second-order valence-electron chi connectivity index (χ2n) is 7.08. The fraction of sp³-hybridized carbons (Fsp3) is 0.786. The second kappa shape index (κ2) is 4.20. The van der Waals surface area contributed by atoms with Crippen LogP contribution in [-0.2, 0) is 9.22 Å². The normalized spacial score (nSPS) is 28.1. The number of fused-ring (bicyclic) bond motifs is 1. The van der Waals surface area contributed by atoms with Crippen LogP contribution >= 0.6 is 0 Å². The van der Waals surface area contributed by atoms with Crippen LogP contribution in [0.1, 0.15) is 33.6 Å². The van der Waals surface area contributed by atoms with Crippen molar-refractivity contribution in [3.63, 3.8) is 0 Å². The van der Waals surface area contributed by atoms with Crippen LogP contribution in [0.2, 0.25) is 18.1 Å². The van der Waals surface area contributed by atoms with Gasteiger partial charge < -0.3 is 9.33 Å². The van der Waals surface area contributed by atoms with Gasteiger partial charge in [0.15, 0.2) is 8.32 Å². The predicted molar refractivity (Wildman–Crippen MR) is 76.0 cm³/mol. The quantitative estimate of drug-likeness (QED) is 0.736. The molecule has 3 nitrogen and oxygen atoms in total. The fourth-order valence-electron chi connectivity index (χ4n) is 2.44. The molecule has 0 aliphatic carbocycles. The lowest BCUT2D eigenvalue weighted by molar-refractivity contribution is -0.127. The third kappa shape index (κ3) is 2.16. The van der Waals surface area contributed by atoms with Gasteiger partial charge in [-0.05, 0) is 31.0 Å². The lowest BCUT2D eigenvalue weighted by Crippen LogP contribution is -2.50. The van der Waals surface area contributed by atoms with Gasteiger partial charge in [-0.25, -0.2) is 0 Å². The average molecular weight is 267 g/mol. The number of carbonyl (C=O) groups is 1. The molecule has 0 aromatic heterocycles. The molecule has 0 bridgehead atoms. The first-order valence-corrected chi connectivity index (χ1v) is 9.74. The van der Waals surface area contributed by atoms with Crippen LogP contribution in [0.5, 0.6) is 0 Å². The Hall–Kier alpha value is -0.613. The van der Waals surface area contributed by atoms with Crippen LogP contribution in [0.15, 0.2) is 12.2 Å². The second-order valence-corrected chi connectivity index (χ2v) is 11.9. The van der Waals surface area contributed by atoms with Crippen molar-refractivity contribution in [1.82, 2.24) is 4.90 Å². The molecule has 0 aromatic rings. The largest absolute Gasteiger partial charge is 0.414 e. The average Bonchev–Trinajstić information content (AvgIpc) is 2.77. The Bertz CT molecular complexity index is 384. The molecule has 1 saturated heterocycles. The maximum absolute atomic E-state index is 11.8. The van der Waals surface area contributed by atoms with E-state index >= 15 is 0 Å². The van der Waals surface area contributed by atoms with E-state index in [-0.39, 0.29) is 16.5 Å². The lowest BCUT2D eigenvalue weighted by atomic mass is 9.99. The van der Waals surface area contributed by atoms with Crippen molar-refractivity contribution >= 4 is 14.2 Å². The SMILES string of the molecule is CC(C)(C)[Si](C)(C)OC[C@@]12C=CC(=O)N1CCC2. The summed E-state index contributed by atoms with van der Waals surface area (Å²) in [6, 6.07) is 0. The number of amides is 1. The van der Waals surface area contributed by atoms with Gasteiger partial charge in [-0.2, -0.15) is 0 Å². The minimum Gasteiger partial charge on any atom is -0.414 e. The Kier molecular flexibility index (Phi) is 3.22. The Balaban J connectivity index is 2.07. The monoisotopic (exact) mass is 267 g/mol. The molecule has 1 amide bonds. The molecule has 0 saturated carbocycles. The summed E-state index contributed by atoms with van der Waals surface area (Å²) in [4.78, 5) is 13.8. The molecule has 2 aliphatic rings. The third-order valence-electron chi connectivity index (χ3n) is 4.82. The Morgan fingerprint density at radius 2 is 2.11 bits per heavy atom. The molecule has 0 aromatic carbocycles. The molecular formula is C14H25NO2Si. The number of hydrogen-bond donors (Lipinski definition) is 0. The van der Waals surface area contributed by atoms with E-state index in [2.05, 4.69) is 39.9 Å². The smallest absolute Gasteiger partial charge is 0.247 e. The minimum atomic E-state index is -1.73. The van der Waals surface area contributed by atoms with E-state index in [9.17, 15) is 4.79 Å². The minimum absolute atomic E-state index is 0.132. The highest BCUT2D eigenvalue weighted by Crippen LogP contribution is 2.40. The summed E-state index contributed by atoms with van der Waals surface area (Å²) < 4.78 is 6.32. The molecule has 2 heterocycles. The zero-order chi connectivity index (χ0) is 13.6. The molecule has 0 radical (unpaired) electrons. The van der Waals surface area contributed by atoms with E-state index in [1.165, 1.54) is 0 Å². The van der Waals surface area contributed by atoms with E-state index in [4.69, 9.17) is 4.43 Å². The van der Waals surface area contributed by atoms with Crippen molar-refractivity contribution in [2.75, 3.05) is 13.2 Å². The number of hydrogen-bond acceptors (Lipinski definition) is 2. The third-order valence-corrected chi connectivity index (χ3v) is 9.30. The zero-order valence-corrected chi connectivity index (χ0v) is 13.2. The number of rotatable bonds is 3. The van der Waals surface area contributed by atoms with Gasteiger partial charge in [-0.1, -0.05) is 26.8 Å². The van der Waals surface area contributed by atoms with Crippen molar-refractivity contribution in [2.24, 2.45) is 0 Å². The van der Waals surface area contributed by atoms with Crippen molar-refractivity contribution in [1.29, 1.82) is 0 Å². The van der Waals surface area contributed by atoms with Gasteiger partial charge in [-0.3, -0.25) is 4.79 Å². The maximum atomic E-state index is 11.8. The Morgan fingerprint density at radius 1 is 1.44 bits per heavy atom. The van der Waals surface area contributed by atoms with E-state index in [1.54, 1.807) is 6.08 Å². The summed E-state index contributed by atoms with van der Waals surface area (Å²) in [5.41, 5.74) is -0.132. The van der Waals surface area contributed by atoms with Crippen LogP contribution in [0.25, 0.3) is 0 Å². The molecule has 0 spiro atoms. The molecule has 1 atom stereocenters. The zero-order valence-electron chi connectivity index (χ0n) is 12.2. The summed E-state index contributed by atoms with van der Waals surface area (Å²) in [7, 11) is -1.73. The summed E-state index contributed by atoms with van der Waals surface area (Å²) in [5, 5.41) is 0.222. The summed E-state index contributed by atoms with van der Waals surface area (Å²) in [6.07, 6.45) is 5.92. The first kappa shape index (κ1) is 13.8. The highest BCUT2D eigenvalue weighted by Gasteiger charge is 2.47. The van der Waals surface area contributed by atoms with Gasteiger partial charge in [0, 0.05) is 12.6 Å². The Morgan fingerprint density at radius 3 is 2.72 bits per heavy atom. The van der Waals surface area contributed by atoms with Crippen molar-refractivity contribution in [3.05, 3.63) is 12.2 Å². The molecule has 4 heteroatoms. The van der Waals surface area contributed by atoms with Gasteiger partial charge >= 0.3 is 0 Å². The molecule has 0 N–H and O–H groups in total. The van der Waals surface area contributed by atoms with Gasteiger partial charge in [0.05, 0.1) is 12.1 Å². The van der Waals surface area contributed by atoms with E-state index in [1.807, 2.05) is 4.90 Å². The molecule has 2 rings (SSSR count). The highest BCUT2D eigenvalue weighted by molar-refractivity contribution is 6.74. The van der Waals surface area contributed by atoms with Gasteiger partial charge in [0.25, 0.3) is 0 Å².